The largest absolute Gasteiger partial charge is 0.490 e. The van der Waals surface area contributed by atoms with E-state index >= 15 is 0 Å². The van der Waals surface area contributed by atoms with Crippen LogP contribution in [0, 0.1) is 0 Å². The van der Waals surface area contributed by atoms with E-state index < -0.39 is 6.10 Å². The molecule has 21 heavy (non-hydrogen) atoms. The Bertz CT molecular complexity index is 695. The summed E-state index contributed by atoms with van der Waals surface area (Å²) in [5.74, 6) is 0.759. The van der Waals surface area contributed by atoms with E-state index in [0.29, 0.717) is 18.8 Å². The standard InChI is InChI=1S/C16H17NO4/c1-20-16-10-21-12(6-14(16)18)8-17-7-11-4-2-3-5-13(11)15(19)9-17/h2-6,10,15,19H,7-9H2,1H3. The summed E-state index contributed by atoms with van der Waals surface area (Å²) in [7, 11) is 1.43. The minimum Gasteiger partial charge on any atom is -0.490 e. The molecule has 1 aromatic carbocycles. The number of fused-ring (bicyclic) bond motifs is 1. The van der Waals surface area contributed by atoms with Gasteiger partial charge in [0.15, 0.2) is 0 Å². The third kappa shape index (κ3) is 2.84. The topological polar surface area (TPSA) is 62.9 Å². The van der Waals surface area contributed by atoms with Crippen LogP contribution in [0.4, 0.5) is 0 Å². The molecule has 2 heterocycles. The molecule has 1 aliphatic rings. The van der Waals surface area contributed by atoms with Gasteiger partial charge in [-0.3, -0.25) is 9.69 Å². The van der Waals surface area contributed by atoms with Crippen molar-refractivity contribution < 1.29 is 14.3 Å². The summed E-state index contributed by atoms with van der Waals surface area (Å²) in [5.41, 5.74) is 1.88. The first-order valence-electron chi connectivity index (χ1n) is 6.81. The Morgan fingerprint density at radius 1 is 1.43 bits per heavy atom. The molecule has 0 radical (unpaired) electrons. The molecule has 5 nitrogen and oxygen atoms in total. The van der Waals surface area contributed by atoms with Gasteiger partial charge in [0, 0.05) is 19.2 Å². The Balaban J connectivity index is 1.78. The number of benzene rings is 1. The minimum atomic E-state index is -0.514. The van der Waals surface area contributed by atoms with Gasteiger partial charge in [-0.05, 0) is 11.1 Å². The first-order chi connectivity index (χ1) is 10.2. The number of rotatable bonds is 3. The third-order valence-corrected chi connectivity index (χ3v) is 3.69. The fourth-order valence-corrected chi connectivity index (χ4v) is 2.66. The highest BCUT2D eigenvalue weighted by molar-refractivity contribution is 5.31. The molecule has 1 atom stereocenters. The lowest BCUT2D eigenvalue weighted by molar-refractivity contribution is 0.0836. The van der Waals surface area contributed by atoms with Crippen molar-refractivity contribution in [2.75, 3.05) is 13.7 Å². The molecule has 0 spiro atoms. The summed E-state index contributed by atoms with van der Waals surface area (Å²) in [4.78, 5) is 13.8. The first-order valence-corrected chi connectivity index (χ1v) is 6.81. The molecule has 3 rings (SSSR count). The van der Waals surface area contributed by atoms with E-state index in [1.807, 2.05) is 24.3 Å². The Labute approximate surface area is 122 Å². The number of methoxy groups -OCH3 is 1. The third-order valence-electron chi connectivity index (χ3n) is 3.69. The van der Waals surface area contributed by atoms with Crippen molar-refractivity contribution in [2.24, 2.45) is 0 Å². The normalized spacial score (nSPS) is 18.3. The summed E-state index contributed by atoms with van der Waals surface area (Å²) >= 11 is 0. The lowest BCUT2D eigenvalue weighted by Crippen LogP contribution is -2.33. The van der Waals surface area contributed by atoms with Gasteiger partial charge >= 0.3 is 0 Å². The summed E-state index contributed by atoms with van der Waals surface area (Å²) in [6.45, 7) is 1.72. The number of aliphatic hydroxyl groups excluding tert-OH is 1. The zero-order chi connectivity index (χ0) is 14.8. The summed E-state index contributed by atoms with van der Waals surface area (Å²) < 4.78 is 10.3. The molecular formula is C16H17NO4. The van der Waals surface area contributed by atoms with E-state index in [1.165, 1.54) is 19.4 Å². The van der Waals surface area contributed by atoms with Crippen molar-refractivity contribution in [1.82, 2.24) is 4.90 Å². The Kier molecular flexibility index (Phi) is 3.77. The molecule has 2 aromatic rings. The molecule has 5 heteroatoms. The number of hydrogen-bond donors (Lipinski definition) is 1. The van der Waals surface area contributed by atoms with Gasteiger partial charge in [-0.25, -0.2) is 0 Å². The molecule has 0 amide bonds. The lowest BCUT2D eigenvalue weighted by atomic mass is 9.97. The van der Waals surface area contributed by atoms with E-state index in [-0.39, 0.29) is 11.2 Å². The van der Waals surface area contributed by atoms with Gasteiger partial charge in [-0.15, -0.1) is 0 Å². The fourth-order valence-electron chi connectivity index (χ4n) is 2.66. The predicted octanol–water partition coefficient (Wildman–Crippen LogP) is 1.70. The van der Waals surface area contributed by atoms with Gasteiger partial charge in [0.05, 0.1) is 19.8 Å². The van der Waals surface area contributed by atoms with Gasteiger partial charge in [-0.2, -0.15) is 0 Å². The maximum atomic E-state index is 11.7. The van der Waals surface area contributed by atoms with Gasteiger partial charge in [0.25, 0.3) is 0 Å². The highest BCUT2D eigenvalue weighted by Gasteiger charge is 2.23. The SMILES string of the molecule is COc1coc(CN2Cc3ccccc3C(O)C2)cc1=O. The highest BCUT2D eigenvalue weighted by Crippen LogP contribution is 2.27. The van der Waals surface area contributed by atoms with Crippen molar-refractivity contribution in [3.8, 4) is 5.75 Å². The number of β-amino-alcohol motifs (C(OH)–C–C–N with tert-alkyl or cyclic N) is 1. The summed E-state index contributed by atoms with van der Waals surface area (Å²) in [6, 6.07) is 9.29. The molecule has 1 unspecified atom stereocenters. The van der Waals surface area contributed by atoms with E-state index in [1.54, 1.807) is 0 Å². The van der Waals surface area contributed by atoms with Crippen LogP contribution in [0.1, 0.15) is 23.0 Å². The minimum absolute atomic E-state index is 0.197. The van der Waals surface area contributed by atoms with Crippen molar-refractivity contribution in [3.05, 3.63) is 63.7 Å². The molecular weight excluding hydrogens is 270 g/mol. The average molecular weight is 287 g/mol. The van der Waals surface area contributed by atoms with Crippen molar-refractivity contribution in [2.45, 2.75) is 19.2 Å². The number of nitrogens with zero attached hydrogens (tertiary/aromatic N) is 1. The molecule has 110 valence electrons. The number of ether oxygens (including phenoxy) is 1. The van der Waals surface area contributed by atoms with Crippen LogP contribution in [0.25, 0.3) is 0 Å². The van der Waals surface area contributed by atoms with Crippen LogP contribution in [0.3, 0.4) is 0 Å². The van der Waals surface area contributed by atoms with Crippen LogP contribution in [-0.4, -0.2) is 23.7 Å². The molecule has 0 aliphatic carbocycles. The Morgan fingerprint density at radius 2 is 2.24 bits per heavy atom. The molecule has 1 aliphatic heterocycles. The lowest BCUT2D eigenvalue weighted by Gasteiger charge is -2.31. The second kappa shape index (κ2) is 5.71. The zero-order valence-corrected chi connectivity index (χ0v) is 11.8. The molecule has 1 N–H and O–H groups in total. The van der Waals surface area contributed by atoms with Crippen LogP contribution in [0.5, 0.6) is 5.75 Å². The fraction of sp³-hybridized carbons (Fsp3) is 0.312. The second-order valence-corrected chi connectivity index (χ2v) is 5.16. The van der Waals surface area contributed by atoms with Crippen molar-refractivity contribution in [1.29, 1.82) is 0 Å². The quantitative estimate of drug-likeness (QED) is 0.931. The summed E-state index contributed by atoms with van der Waals surface area (Å²) in [5, 5.41) is 10.2. The van der Waals surface area contributed by atoms with Gasteiger partial charge < -0.3 is 14.3 Å². The van der Waals surface area contributed by atoms with E-state index in [4.69, 9.17) is 9.15 Å². The van der Waals surface area contributed by atoms with Crippen LogP contribution >= 0.6 is 0 Å². The van der Waals surface area contributed by atoms with Gasteiger partial charge in [0.2, 0.25) is 11.2 Å². The van der Waals surface area contributed by atoms with Crippen molar-refractivity contribution >= 4 is 0 Å². The average Bonchev–Trinajstić information content (AvgIpc) is 2.47. The molecule has 0 saturated carbocycles. The smallest absolute Gasteiger partial charge is 0.227 e. The van der Waals surface area contributed by atoms with Crippen LogP contribution < -0.4 is 10.2 Å². The maximum absolute atomic E-state index is 11.7. The molecule has 0 bridgehead atoms. The van der Waals surface area contributed by atoms with Gasteiger partial charge in [-0.1, -0.05) is 24.3 Å². The molecule has 0 saturated heterocycles. The zero-order valence-electron chi connectivity index (χ0n) is 11.8. The Morgan fingerprint density at radius 3 is 3.00 bits per heavy atom. The van der Waals surface area contributed by atoms with Gasteiger partial charge in [0.1, 0.15) is 12.0 Å². The van der Waals surface area contributed by atoms with Crippen LogP contribution in [-0.2, 0) is 13.1 Å². The van der Waals surface area contributed by atoms with E-state index in [9.17, 15) is 9.90 Å². The molecule has 0 fully saturated rings. The second-order valence-electron chi connectivity index (χ2n) is 5.16. The monoisotopic (exact) mass is 287 g/mol. The number of aliphatic hydroxyl groups is 1. The predicted molar refractivity (Wildman–Crippen MR) is 77.0 cm³/mol. The van der Waals surface area contributed by atoms with Crippen LogP contribution in [0.2, 0.25) is 0 Å². The van der Waals surface area contributed by atoms with Crippen molar-refractivity contribution in [3.63, 3.8) is 0 Å². The summed E-state index contributed by atoms with van der Waals surface area (Å²) in [6.07, 6.45) is 0.811. The maximum Gasteiger partial charge on any atom is 0.227 e. The first kappa shape index (κ1) is 13.9. The number of hydrogen-bond acceptors (Lipinski definition) is 5. The Hall–Kier alpha value is -2.11. The van der Waals surface area contributed by atoms with E-state index in [0.717, 1.165) is 17.7 Å². The highest BCUT2D eigenvalue weighted by atomic mass is 16.5. The van der Waals surface area contributed by atoms with Crippen LogP contribution in [0.15, 0.2) is 45.8 Å². The van der Waals surface area contributed by atoms with E-state index in [2.05, 4.69) is 4.90 Å². The molecule has 1 aromatic heterocycles.